The largest absolute Gasteiger partial charge is 0.325 e. The van der Waals surface area contributed by atoms with E-state index in [9.17, 15) is 4.79 Å². The molecule has 1 aromatic carbocycles. The number of benzene rings is 1. The third-order valence-electron chi connectivity index (χ3n) is 3.64. The minimum atomic E-state index is 0.0787. The number of likely N-dealkylation sites (tertiary alicyclic amines) is 1. The van der Waals surface area contributed by atoms with Gasteiger partial charge in [0.2, 0.25) is 5.91 Å². The predicted octanol–water partition coefficient (Wildman–Crippen LogP) is 2.30. The summed E-state index contributed by atoms with van der Waals surface area (Å²) >= 11 is 2.25. The van der Waals surface area contributed by atoms with E-state index in [-0.39, 0.29) is 5.91 Å². The summed E-state index contributed by atoms with van der Waals surface area (Å²) < 4.78 is 1.13. The zero-order valence-corrected chi connectivity index (χ0v) is 14.0. The van der Waals surface area contributed by atoms with Crippen LogP contribution in [0.4, 0.5) is 5.69 Å². The van der Waals surface area contributed by atoms with Crippen molar-refractivity contribution in [3.8, 4) is 0 Å². The van der Waals surface area contributed by atoms with Gasteiger partial charge in [0.15, 0.2) is 0 Å². The number of anilines is 1. The SMILES string of the molecule is CNCC1CCCCN1CC(=O)Nc1cccc(I)c1. The number of likely N-dealkylation sites (N-methyl/N-ethyl adjacent to an activating group) is 1. The topological polar surface area (TPSA) is 44.4 Å². The summed E-state index contributed by atoms with van der Waals surface area (Å²) in [7, 11) is 1.97. The Labute approximate surface area is 134 Å². The van der Waals surface area contributed by atoms with Crippen LogP contribution in [0.3, 0.4) is 0 Å². The van der Waals surface area contributed by atoms with Crippen molar-refractivity contribution in [3.05, 3.63) is 27.8 Å². The standard InChI is InChI=1S/C15H22IN3O/c1-17-10-14-7-2-3-8-19(14)11-15(20)18-13-6-4-5-12(16)9-13/h4-6,9,14,17H,2-3,7-8,10-11H2,1H3,(H,18,20). The van der Waals surface area contributed by atoms with Gasteiger partial charge in [0, 0.05) is 21.8 Å². The minimum Gasteiger partial charge on any atom is -0.325 e. The van der Waals surface area contributed by atoms with E-state index in [0.717, 1.165) is 22.3 Å². The second-order valence-corrected chi connectivity index (χ2v) is 6.48. The minimum absolute atomic E-state index is 0.0787. The molecule has 1 aliphatic rings. The highest BCUT2D eigenvalue weighted by molar-refractivity contribution is 14.1. The average Bonchev–Trinajstić information content (AvgIpc) is 2.41. The monoisotopic (exact) mass is 387 g/mol. The first-order valence-electron chi connectivity index (χ1n) is 7.13. The van der Waals surface area contributed by atoms with Gasteiger partial charge in [0.1, 0.15) is 0 Å². The number of rotatable bonds is 5. The Kier molecular flexibility index (Phi) is 6.25. The van der Waals surface area contributed by atoms with Crippen LogP contribution in [0.2, 0.25) is 0 Å². The van der Waals surface area contributed by atoms with Gasteiger partial charge < -0.3 is 10.6 Å². The summed E-state index contributed by atoms with van der Waals surface area (Å²) in [4.78, 5) is 14.5. The summed E-state index contributed by atoms with van der Waals surface area (Å²) in [6.45, 7) is 2.46. The number of carbonyl (C=O) groups is 1. The highest BCUT2D eigenvalue weighted by Gasteiger charge is 2.23. The van der Waals surface area contributed by atoms with Crippen LogP contribution in [0.1, 0.15) is 19.3 Å². The van der Waals surface area contributed by atoms with E-state index < -0.39 is 0 Å². The lowest BCUT2D eigenvalue weighted by Crippen LogP contribution is -2.47. The molecule has 2 N–H and O–H groups in total. The zero-order valence-electron chi connectivity index (χ0n) is 11.9. The summed E-state index contributed by atoms with van der Waals surface area (Å²) in [5, 5.41) is 6.21. The van der Waals surface area contributed by atoms with E-state index in [2.05, 4.69) is 38.1 Å². The van der Waals surface area contributed by atoms with Gasteiger partial charge in [-0.15, -0.1) is 0 Å². The molecular weight excluding hydrogens is 365 g/mol. The fourth-order valence-corrected chi connectivity index (χ4v) is 3.23. The van der Waals surface area contributed by atoms with Gasteiger partial charge in [-0.25, -0.2) is 0 Å². The number of nitrogens with one attached hydrogen (secondary N) is 2. The molecule has 0 aliphatic carbocycles. The van der Waals surface area contributed by atoms with Crippen LogP contribution in [-0.4, -0.2) is 43.5 Å². The number of nitrogens with zero attached hydrogens (tertiary/aromatic N) is 1. The Bertz CT molecular complexity index is 450. The van der Waals surface area contributed by atoms with Crippen molar-refractivity contribution < 1.29 is 4.79 Å². The molecule has 2 rings (SSSR count). The molecule has 0 spiro atoms. The van der Waals surface area contributed by atoms with E-state index in [1.807, 2.05) is 31.3 Å². The predicted molar refractivity (Wildman–Crippen MR) is 90.9 cm³/mol. The maximum atomic E-state index is 12.2. The molecule has 1 atom stereocenters. The van der Waals surface area contributed by atoms with Gasteiger partial charge in [0.25, 0.3) is 0 Å². The Morgan fingerprint density at radius 2 is 2.30 bits per heavy atom. The molecule has 1 unspecified atom stereocenters. The third kappa shape index (κ3) is 4.71. The molecule has 0 radical (unpaired) electrons. The van der Waals surface area contributed by atoms with Crippen molar-refractivity contribution in [2.24, 2.45) is 0 Å². The van der Waals surface area contributed by atoms with Crippen molar-refractivity contribution in [2.75, 3.05) is 32.0 Å². The Morgan fingerprint density at radius 3 is 3.05 bits per heavy atom. The van der Waals surface area contributed by atoms with Crippen molar-refractivity contribution in [1.82, 2.24) is 10.2 Å². The third-order valence-corrected chi connectivity index (χ3v) is 4.31. The van der Waals surface area contributed by atoms with Crippen molar-refractivity contribution >= 4 is 34.2 Å². The number of amides is 1. The fraction of sp³-hybridized carbons (Fsp3) is 0.533. The number of carbonyl (C=O) groups excluding carboxylic acids is 1. The first-order chi connectivity index (χ1) is 9.69. The van der Waals surface area contributed by atoms with E-state index >= 15 is 0 Å². The molecule has 0 bridgehead atoms. The highest BCUT2D eigenvalue weighted by Crippen LogP contribution is 2.17. The Hall–Kier alpha value is -0.660. The molecule has 1 amide bonds. The molecule has 20 heavy (non-hydrogen) atoms. The second kappa shape index (κ2) is 7.95. The normalized spacial score (nSPS) is 19.8. The van der Waals surface area contributed by atoms with Gasteiger partial charge in [-0.05, 0) is 67.2 Å². The van der Waals surface area contributed by atoms with Crippen LogP contribution >= 0.6 is 22.6 Å². The second-order valence-electron chi connectivity index (χ2n) is 5.24. The molecule has 110 valence electrons. The van der Waals surface area contributed by atoms with Crippen LogP contribution in [0.15, 0.2) is 24.3 Å². The van der Waals surface area contributed by atoms with E-state index in [1.54, 1.807) is 0 Å². The Balaban J connectivity index is 1.89. The van der Waals surface area contributed by atoms with Crippen LogP contribution in [0.5, 0.6) is 0 Å². The van der Waals surface area contributed by atoms with Gasteiger partial charge in [-0.2, -0.15) is 0 Å². The fourth-order valence-electron chi connectivity index (χ4n) is 2.69. The van der Waals surface area contributed by atoms with E-state index in [0.29, 0.717) is 12.6 Å². The first-order valence-corrected chi connectivity index (χ1v) is 8.21. The lowest BCUT2D eigenvalue weighted by atomic mass is 10.0. The average molecular weight is 387 g/mol. The first kappa shape index (κ1) is 15.7. The number of hydrogen-bond acceptors (Lipinski definition) is 3. The van der Waals surface area contributed by atoms with Crippen LogP contribution in [0.25, 0.3) is 0 Å². The molecule has 4 nitrogen and oxygen atoms in total. The number of halogens is 1. The lowest BCUT2D eigenvalue weighted by molar-refractivity contribution is -0.118. The summed E-state index contributed by atoms with van der Waals surface area (Å²) in [5.74, 6) is 0.0787. The molecule has 0 aromatic heterocycles. The molecular formula is C15H22IN3O. The Morgan fingerprint density at radius 1 is 1.45 bits per heavy atom. The quantitative estimate of drug-likeness (QED) is 0.763. The number of hydrogen-bond donors (Lipinski definition) is 2. The summed E-state index contributed by atoms with van der Waals surface area (Å²) in [6, 6.07) is 8.38. The van der Waals surface area contributed by atoms with Gasteiger partial charge in [-0.1, -0.05) is 12.5 Å². The van der Waals surface area contributed by atoms with E-state index in [4.69, 9.17) is 0 Å². The smallest absolute Gasteiger partial charge is 0.238 e. The maximum absolute atomic E-state index is 12.2. The van der Waals surface area contributed by atoms with Crippen molar-refractivity contribution in [2.45, 2.75) is 25.3 Å². The van der Waals surface area contributed by atoms with Crippen molar-refractivity contribution in [3.63, 3.8) is 0 Å². The summed E-state index contributed by atoms with van der Waals surface area (Å²) in [5.41, 5.74) is 0.879. The zero-order chi connectivity index (χ0) is 14.4. The summed E-state index contributed by atoms with van der Waals surface area (Å²) in [6.07, 6.45) is 3.63. The number of piperidine rings is 1. The highest BCUT2D eigenvalue weighted by atomic mass is 127. The molecule has 1 heterocycles. The van der Waals surface area contributed by atoms with Crippen molar-refractivity contribution in [1.29, 1.82) is 0 Å². The van der Waals surface area contributed by atoms with Crippen LogP contribution in [0, 0.1) is 3.57 Å². The molecule has 1 aromatic rings. The maximum Gasteiger partial charge on any atom is 0.238 e. The molecule has 5 heteroatoms. The van der Waals surface area contributed by atoms with Gasteiger partial charge >= 0.3 is 0 Å². The lowest BCUT2D eigenvalue weighted by Gasteiger charge is -2.35. The van der Waals surface area contributed by atoms with E-state index in [1.165, 1.54) is 19.3 Å². The molecule has 1 fully saturated rings. The van der Waals surface area contributed by atoms with Crippen LogP contribution < -0.4 is 10.6 Å². The van der Waals surface area contributed by atoms with Crippen LogP contribution in [-0.2, 0) is 4.79 Å². The van der Waals surface area contributed by atoms with Gasteiger partial charge in [-0.3, -0.25) is 9.69 Å². The molecule has 0 saturated carbocycles. The van der Waals surface area contributed by atoms with Gasteiger partial charge in [0.05, 0.1) is 6.54 Å². The molecule has 1 aliphatic heterocycles. The molecule has 1 saturated heterocycles.